The zero-order valence-corrected chi connectivity index (χ0v) is 20.0. The van der Waals surface area contributed by atoms with Gasteiger partial charge in [0.2, 0.25) is 0 Å². The Balaban J connectivity index is 1.58. The van der Waals surface area contributed by atoms with Gasteiger partial charge in [-0.2, -0.15) is 0 Å². The lowest BCUT2D eigenvalue weighted by atomic mass is 9.89. The van der Waals surface area contributed by atoms with Crippen LogP contribution in [0, 0.1) is 5.92 Å². The van der Waals surface area contributed by atoms with Gasteiger partial charge < -0.3 is 10.2 Å². The lowest BCUT2D eigenvalue weighted by Crippen LogP contribution is -2.02. The highest BCUT2D eigenvalue weighted by atomic mass is 79.9. The molecule has 3 nitrogen and oxygen atoms in total. The summed E-state index contributed by atoms with van der Waals surface area (Å²) in [5.74, 6) is -0.311. The highest BCUT2D eigenvalue weighted by molar-refractivity contribution is 9.11. The number of aliphatic hydroxyl groups is 1. The summed E-state index contributed by atoms with van der Waals surface area (Å²) in [6.45, 7) is 2.18. The van der Waals surface area contributed by atoms with Gasteiger partial charge in [-0.1, -0.05) is 66.4 Å². The second-order valence-electron chi connectivity index (χ2n) is 8.15. The number of unbranched alkanes of at least 4 members (excludes halogenated alkanes) is 2. The predicted molar refractivity (Wildman–Crippen MR) is 128 cm³/mol. The van der Waals surface area contributed by atoms with Crippen LogP contribution < -0.4 is 0 Å². The molecular formula is C25H31BrO3S. The molecule has 2 aromatic rings. The maximum absolute atomic E-state index is 11.0. The molecule has 1 heterocycles. The predicted octanol–water partition coefficient (Wildman–Crippen LogP) is 7.60. The second-order valence-corrected chi connectivity index (χ2v) is 10.3. The molecule has 1 aliphatic carbocycles. The zero-order chi connectivity index (χ0) is 21.5. The zero-order valence-electron chi connectivity index (χ0n) is 17.6. The van der Waals surface area contributed by atoms with Crippen molar-refractivity contribution in [3.05, 3.63) is 61.8 Å². The first kappa shape index (κ1) is 23.2. The molecule has 1 aromatic carbocycles. The molecule has 0 aliphatic heterocycles. The first-order valence-corrected chi connectivity index (χ1v) is 12.6. The van der Waals surface area contributed by atoms with E-state index in [9.17, 15) is 9.90 Å². The summed E-state index contributed by atoms with van der Waals surface area (Å²) in [5, 5.41) is 19.5. The topological polar surface area (TPSA) is 57.5 Å². The summed E-state index contributed by atoms with van der Waals surface area (Å²) in [5.41, 5.74) is 3.66. The van der Waals surface area contributed by atoms with Crippen LogP contribution in [0.2, 0.25) is 0 Å². The van der Waals surface area contributed by atoms with Crippen molar-refractivity contribution in [2.24, 2.45) is 5.92 Å². The number of aliphatic hydroxyl groups excluding tert-OH is 1. The molecule has 30 heavy (non-hydrogen) atoms. The number of aryl methyl sites for hydroxylation is 1. The quantitative estimate of drug-likeness (QED) is 0.318. The maximum atomic E-state index is 11.0. The third kappa shape index (κ3) is 6.05. The molecule has 0 saturated heterocycles. The van der Waals surface area contributed by atoms with Gasteiger partial charge in [-0.25, -0.2) is 4.79 Å². The Morgan fingerprint density at radius 3 is 2.60 bits per heavy atom. The molecule has 2 unspecified atom stereocenters. The van der Waals surface area contributed by atoms with Crippen LogP contribution in [0.25, 0.3) is 5.57 Å². The molecule has 2 N–H and O–H groups in total. The van der Waals surface area contributed by atoms with Crippen LogP contribution in [-0.2, 0) is 6.42 Å². The average molecular weight is 491 g/mol. The molecule has 0 saturated carbocycles. The van der Waals surface area contributed by atoms with E-state index in [1.165, 1.54) is 39.8 Å². The molecule has 0 bridgehead atoms. The van der Waals surface area contributed by atoms with Crippen molar-refractivity contribution >= 4 is 38.8 Å². The van der Waals surface area contributed by atoms with Gasteiger partial charge >= 0.3 is 5.97 Å². The second kappa shape index (κ2) is 11.3. The van der Waals surface area contributed by atoms with E-state index in [0.29, 0.717) is 10.8 Å². The van der Waals surface area contributed by atoms with Crippen LogP contribution in [0.1, 0.15) is 90.1 Å². The number of rotatable bonds is 11. The van der Waals surface area contributed by atoms with Crippen LogP contribution in [0.15, 0.2) is 40.9 Å². The lowest BCUT2D eigenvalue weighted by molar-refractivity contribution is 0.0702. The van der Waals surface area contributed by atoms with Crippen LogP contribution in [0.4, 0.5) is 0 Å². The standard InChI is InChI=1S/C25H31BrO3S/c1-2-3-4-8-22(27)17-9-11-19(12-10-17)24-18(13-15-21(24)26)6-5-7-20-14-16-23(30-20)25(28)29/h9-12,14,16,18,22,27H,2-8,13,15H2,1H3,(H,28,29). The van der Waals surface area contributed by atoms with Gasteiger partial charge in [0, 0.05) is 4.88 Å². The van der Waals surface area contributed by atoms with Crippen molar-refractivity contribution in [1.82, 2.24) is 0 Å². The molecule has 0 fully saturated rings. The Labute approximate surface area is 192 Å². The van der Waals surface area contributed by atoms with Gasteiger partial charge in [-0.05, 0) is 77.8 Å². The van der Waals surface area contributed by atoms with Crippen molar-refractivity contribution in [3.8, 4) is 0 Å². The monoisotopic (exact) mass is 490 g/mol. The molecule has 3 rings (SSSR count). The van der Waals surface area contributed by atoms with Gasteiger partial charge in [0.15, 0.2) is 0 Å². The van der Waals surface area contributed by atoms with Gasteiger partial charge in [0.05, 0.1) is 6.10 Å². The Hall–Kier alpha value is -1.43. The smallest absolute Gasteiger partial charge is 0.345 e. The summed E-state index contributed by atoms with van der Waals surface area (Å²) in [6, 6.07) is 12.1. The molecule has 162 valence electrons. The highest BCUT2D eigenvalue weighted by Crippen LogP contribution is 2.44. The fourth-order valence-corrected chi connectivity index (χ4v) is 5.94. The van der Waals surface area contributed by atoms with Crippen LogP contribution in [0.5, 0.6) is 0 Å². The summed E-state index contributed by atoms with van der Waals surface area (Å²) < 4.78 is 1.30. The third-order valence-corrected chi connectivity index (χ3v) is 7.91. The lowest BCUT2D eigenvalue weighted by Gasteiger charge is -2.17. The summed E-state index contributed by atoms with van der Waals surface area (Å²) in [6.07, 6.45) is 9.18. The number of halogens is 1. The van der Waals surface area contributed by atoms with E-state index < -0.39 is 5.97 Å². The molecule has 5 heteroatoms. The van der Waals surface area contributed by atoms with Crippen molar-refractivity contribution in [3.63, 3.8) is 0 Å². The number of hydrogen-bond donors (Lipinski definition) is 2. The Morgan fingerprint density at radius 1 is 1.17 bits per heavy atom. The number of carbonyl (C=O) groups is 1. The van der Waals surface area contributed by atoms with E-state index in [-0.39, 0.29) is 6.10 Å². The molecule has 1 aliphatic rings. The number of benzene rings is 1. The largest absolute Gasteiger partial charge is 0.477 e. The first-order chi connectivity index (χ1) is 14.5. The summed E-state index contributed by atoms with van der Waals surface area (Å²) in [4.78, 5) is 12.6. The Bertz CT molecular complexity index is 869. The summed E-state index contributed by atoms with van der Waals surface area (Å²) in [7, 11) is 0. The van der Waals surface area contributed by atoms with E-state index in [0.717, 1.165) is 55.4 Å². The Morgan fingerprint density at radius 2 is 1.93 bits per heavy atom. The van der Waals surface area contributed by atoms with E-state index in [2.05, 4.69) is 47.1 Å². The number of thiophene rings is 1. The molecular weight excluding hydrogens is 460 g/mol. The van der Waals surface area contributed by atoms with Crippen molar-refractivity contribution in [2.75, 3.05) is 0 Å². The van der Waals surface area contributed by atoms with Crippen molar-refractivity contribution < 1.29 is 15.0 Å². The minimum Gasteiger partial charge on any atom is -0.477 e. The minimum absolute atomic E-state index is 0.371. The fraction of sp³-hybridized carbons (Fsp3) is 0.480. The summed E-state index contributed by atoms with van der Waals surface area (Å²) >= 11 is 5.18. The van der Waals surface area contributed by atoms with Crippen LogP contribution in [-0.4, -0.2) is 16.2 Å². The minimum atomic E-state index is -0.838. The number of aromatic carboxylic acids is 1. The van der Waals surface area contributed by atoms with Gasteiger partial charge in [-0.3, -0.25) is 0 Å². The van der Waals surface area contributed by atoms with E-state index >= 15 is 0 Å². The molecule has 0 spiro atoms. The van der Waals surface area contributed by atoms with E-state index in [1.54, 1.807) is 6.07 Å². The van der Waals surface area contributed by atoms with Gasteiger partial charge in [0.1, 0.15) is 4.88 Å². The molecule has 2 atom stereocenters. The van der Waals surface area contributed by atoms with Crippen molar-refractivity contribution in [1.29, 1.82) is 0 Å². The van der Waals surface area contributed by atoms with Gasteiger partial charge in [-0.15, -0.1) is 11.3 Å². The number of allylic oxidation sites excluding steroid dienone is 2. The molecule has 1 aromatic heterocycles. The van der Waals surface area contributed by atoms with Crippen molar-refractivity contribution in [2.45, 2.75) is 70.8 Å². The average Bonchev–Trinajstić information content (AvgIpc) is 3.35. The van der Waals surface area contributed by atoms with E-state index in [4.69, 9.17) is 5.11 Å². The Kier molecular flexibility index (Phi) is 8.72. The molecule has 0 radical (unpaired) electrons. The third-order valence-electron chi connectivity index (χ3n) is 5.95. The van der Waals surface area contributed by atoms with Crippen LogP contribution in [0.3, 0.4) is 0 Å². The molecule has 0 amide bonds. The van der Waals surface area contributed by atoms with E-state index in [1.807, 2.05) is 6.07 Å². The number of carboxylic acid groups (broad SMARTS) is 1. The van der Waals surface area contributed by atoms with Gasteiger partial charge in [0.25, 0.3) is 0 Å². The fourth-order valence-electron chi connectivity index (χ4n) is 4.27. The van der Waals surface area contributed by atoms with Crippen LogP contribution >= 0.6 is 27.3 Å². The number of hydrogen-bond acceptors (Lipinski definition) is 3. The highest BCUT2D eigenvalue weighted by Gasteiger charge is 2.25. The SMILES string of the molecule is CCCCCC(O)c1ccc(C2=C(Br)CCC2CCCc2ccc(C(=O)O)s2)cc1. The maximum Gasteiger partial charge on any atom is 0.345 e. The first-order valence-electron chi connectivity index (χ1n) is 11.0. The number of carboxylic acids is 1. The normalized spacial score (nSPS) is 17.5.